The fourth-order valence-corrected chi connectivity index (χ4v) is 10.3. The van der Waals surface area contributed by atoms with Crippen LogP contribution in [-0.2, 0) is 9.47 Å². The number of ether oxygens (including phenoxy) is 2. The van der Waals surface area contributed by atoms with Crippen LogP contribution >= 0.6 is 0 Å². The number of aliphatic hydroxyl groups is 3. The Morgan fingerprint density at radius 2 is 1.53 bits per heavy atom. The predicted molar refractivity (Wildman–Crippen MR) is 121 cm³/mol. The van der Waals surface area contributed by atoms with Crippen molar-refractivity contribution >= 4 is 0 Å². The SMILES string of the molecule is C[C@]12CC[C@H]3[C@@H](CC[C@]4(O)C[C@@H](O)CC[C@]34C)[C@@H]1[C@@H]1CC[C@@H]1[C@@]2(O)CCC1OCCCO1. The Morgan fingerprint density at radius 1 is 0.812 bits per heavy atom. The minimum Gasteiger partial charge on any atom is -0.393 e. The summed E-state index contributed by atoms with van der Waals surface area (Å²) in [5.74, 6) is 2.72. The van der Waals surface area contributed by atoms with Crippen molar-refractivity contribution in [3.63, 3.8) is 0 Å². The third-order valence-corrected chi connectivity index (χ3v) is 12.1. The molecule has 3 N–H and O–H groups in total. The van der Waals surface area contributed by atoms with E-state index >= 15 is 0 Å². The van der Waals surface area contributed by atoms with Crippen molar-refractivity contribution in [3.8, 4) is 0 Å². The maximum absolute atomic E-state index is 12.3. The highest BCUT2D eigenvalue weighted by Crippen LogP contribution is 2.75. The van der Waals surface area contributed by atoms with E-state index in [2.05, 4.69) is 13.8 Å². The first kappa shape index (κ1) is 22.3. The van der Waals surface area contributed by atoms with Gasteiger partial charge in [-0.3, -0.25) is 0 Å². The van der Waals surface area contributed by atoms with Crippen LogP contribution < -0.4 is 0 Å². The van der Waals surface area contributed by atoms with Crippen LogP contribution in [0.2, 0.25) is 0 Å². The summed E-state index contributed by atoms with van der Waals surface area (Å²) >= 11 is 0. The highest BCUT2D eigenvalue weighted by atomic mass is 16.7. The van der Waals surface area contributed by atoms with Crippen molar-refractivity contribution < 1.29 is 24.8 Å². The van der Waals surface area contributed by atoms with E-state index < -0.39 is 11.2 Å². The Hall–Kier alpha value is -0.200. The molecule has 0 aromatic carbocycles. The molecule has 1 saturated heterocycles. The van der Waals surface area contributed by atoms with Crippen LogP contribution in [0.1, 0.15) is 90.9 Å². The van der Waals surface area contributed by atoms with Gasteiger partial charge in [-0.1, -0.05) is 13.8 Å². The second-order valence-corrected chi connectivity index (χ2v) is 13.0. The first-order chi connectivity index (χ1) is 15.2. The highest BCUT2D eigenvalue weighted by molar-refractivity contribution is 5.23. The second kappa shape index (κ2) is 7.40. The molecule has 10 atom stereocenters. The summed E-state index contributed by atoms with van der Waals surface area (Å²) in [5.41, 5.74) is -1.48. The van der Waals surface area contributed by atoms with Gasteiger partial charge in [0.1, 0.15) is 0 Å². The third kappa shape index (κ3) is 2.81. The van der Waals surface area contributed by atoms with Gasteiger partial charge in [0.05, 0.1) is 30.5 Å². The molecule has 0 radical (unpaired) electrons. The van der Waals surface area contributed by atoms with Gasteiger partial charge in [0.25, 0.3) is 0 Å². The van der Waals surface area contributed by atoms with Crippen LogP contribution in [0.3, 0.4) is 0 Å². The summed E-state index contributed by atoms with van der Waals surface area (Å²) in [6.07, 6.45) is 10.8. The molecule has 5 nitrogen and oxygen atoms in total. The zero-order chi connectivity index (χ0) is 22.4. The summed E-state index contributed by atoms with van der Waals surface area (Å²) < 4.78 is 11.7. The zero-order valence-corrected chi connectivity index (χ0v) is 20.1. The Balaban J connectivity index is 1.27. The van der Waals surface area contributed by atoms with Gasteiger partial charge in [-0.25, -0.2) is 0 Å². The molecule has 6 rings (SSSR count). The lowest BCUT2D eigenvalue weighted by atomic mass is 9.42. The third-order valence-electron chi connectivity index (χ3n) is 12.1. The molecule has 0 bridgehead atoms. The van der Waals surface area contributed by atoms with Gasteiger partial charge in [0, 0.05) is 12.8 Å². The molecule has 0 spiro atoms. The predicted octanol–water partition coefficient (Wildman–Crippen LogP) is 4.03. The molecule has 0 amide bonds. The first-order valence-corrected chi connectivity index (χ1v) is 13.6. The molecule has 1 heterocycles. The molecular formula is C27H44O5. The Bertz CT molecular complexity index is 738. The number of hydrogen-bond donors (Lipinski definition) is 3. The largest absolute Gasteiger partial charge is 0.393 e. The van der Waals surface area contributed by atoms with Crippen LogP contribution in [0.25, 0.3) is 0 Å². The van der Waals surface area contributed by atoms with E-state index in [9.17, 15) is 15.3 Å². The van der Waals surface area contributed by atoms with Gasteiger partial charge in [0.15, 0.2) is 6.29 Å². The lowest BCUT2D eigenvalue weighted by molar-refractivity contribution is -0.231. The van der Waals surface area contributed by atoms with Crippen LogP contribution in [-0.4, -0.2) is 52.1 Å². The lowest BCUT2D eigenvalue weighted by Gasteiger charge is -2.64. The number of fused-ring (bicyclic) bond motifs is 7. The van der Waals surface area contributed by atoms with Crippen molar-refractivity contribution in [1.29, 1.82) is 0 Å². The molecule has 6 fully saturated rings. The van der Waals surface area contributed by atoms with Crippen LogP contribution in [0, 0.1) is 40.4 Å². The van der Waals surface area contributed by atoms with Gasteiger partial charge in [-0.15, -0.1) is 0 Å². The molecule has 6 aliphatic rings. The Labute approximate surface area is 193 Å². The minimum atomic E-state index is -0.719. The Morgan fingerprint density at radius 3 is 2.25 bits per heavy atom. The summed E-state index contributed by atoms with van der Waals surface area (Å²) in [7, 11) is 0. The van der Waals surface area contributed by atoms with Crippen molar-refractivity contribution in [1.82, 2.24) is 0 Å². The molecule has 0 aromatic heterocycles. The molecular weight excluding hydrogens is 404 g/mol. The van der Waals surface area contributed by atoms with Crippen LogP contribution in [0.5, 0.6) is 0 Å². The van der Waals surface area contributed by atoms with Crippen molar-refractivity contribution in [2.75, 3.05) is 13.2 Å². The molecule has 5 saturated carbocycles. The maximum Gasteiger partial charge on any atom is 0.157 e. The van der Waals surface area contributed by atoms with Crippen LogP contribution in [0.4, 0.5) is 0 Å². The van der Waals surface area contributed by atoms with Gasteiger partial charge >= 0.3 is 0 Å². The molecule has 5 heteroatoms. The average Bonchev–Trinajstić information content (AvgIpc) is 2.87. The van der Waals surface area contributed by atoms with E-state index in [0.29, 0.717) is 36.0 Å². The lowest BCUT2D eigenvalue weighted by Crippen LogP contribution is -2.64. The van der Waals surface area contributed by atoms with E-state index in [1.54, 1.807) is 0 Å². The van der Waals surface area contributed by atoms with E-state index in [0.717, 1.165) is 77.4 Å². The van der Waals surface area contributed by atoms with E-state index in [1.807, 2.05) is 0 Å². The standard InChI is InChI=1S/C27H44O5/c1-24-10-6-17(28)16-26(24,29)12-7-19-20(24)8-11-25(2)23(19)18-4-5-21(18)27(25,30)13-9-22-31-14-3-15-32-22/h17-23,28-30H,3-16H2,1-2H3/t17-,18+,19+,20-,21-,23-,24+,25-,26-,27-/m0/s1. The van der Waals surface area contributed by atoms with Crippen molar-refractivity contribution in [3.05, 3.63) is 0 Å². The van der Waals surface area contributed by atoms with E-state index in [-0.39, 0.29) is 23.2 Å². The number of rotatable bonds is 3. The average molecular weight is 449 g/mol. The second-order valence-electron chi connectivity index (χ2n) is 13.0. The van der Waals surface area contributed by atoms with E-state index in [4.69, 9.17) is 9.47 Å². The number of aliphatic hydroxyl groups excluding tert-OH is 1. The quantitative estimate of drug-likeness (QED) is 0.608. The molecule has 5 aliphatic carbocycles. The van der Waals surface area contributed by atoms with Crippen molar-refractivity contribution in [2.24, 2.45) is 40.4 Å². The maximum atomic E-state index is 12.3. The summed E-state index contributed by atoms with van der Waals surface area (Å²) in [4.78, 5) is 0. The highest BCUT2D eigenvalue weighted by Gasteiger charge is 2.73. The summed E-state index contributed by atoms with van der Waals surface area (Å²) in [6.45, 7) is 6.28. The molecule has 1 aliphatic heterocycles. The van der Waals surface area contributed by atoms with Gasteiger partial charge < -0.3 is 24.8 Å². The Kier molecular flexibility index (Phi) is 5.15. The molecule has 32 heavy (non-hydrogen) atoms. The van der Waals surface area contributed by atoms with Gasteiger partial charge in [-0.05, 0) is 105 Å². The topological polar surface area (TPSA) is 79.2 Å². The van der Waals surface area contributed by atoms with Gasteiger partial charge in [-0.2, -0.15) is 0 Å². The summed E-state index contributed by atoms with van der Waals surface area (Å²) in [5, 5.41) is 34.4. The molecule has 182 valence electrons. The fraction of sp³-hybridized carbons (Fsp3) is 1.00. The zero-order valence-electron chi connectivity index (χ0n) is 20.1. The summed E-state index contributed by atoms with van der Waals surface area (Å²) in [6, 6.07) is 0. The monoisotopic (exact) mass is 448 g/mol. The molecule has 0 aromatic rings. The fourth-order valence-electron chi connectivity index (χ4n) is 10.3. The normalized spacial score (nSPS) is 57.7. The minimum absolute atomic E-state index is 0.0470. The smallest absolute Gasteiger partial charge is 0.157 e. The van der Waals surface area contributed by atoms with Crippen LogP contribution in [0.15, 0.2) is 0 Å². The van der Waals surface area contributed by atoms with E-state index in [1.165, 1.54) is 6.42 Å². The first-order valence-electron chi connectivity index (χ1n) is 13.6. The van der Waals surface area contributed by atoms with Gasteiger partial charge in [0.2, 0.25) is 0 Å². The van der Waals surface area contributed by atoms with Crippen molar-refractivity contribution in [2.45, 2.75) is 114 Å². The molecule has 0 unspecified atom stereocenters. The number of hydrogen-bond acceptors (Lipinski definition) is 5.